The van der Waals surface area contributed by atoms with Gasteiger partial charge in [-0.3, -0.25) is 4.79 Å². The van der Waals surface area contributed by atoms with Gasteiger partial charge in [0.05, 0.1) is 0 Å². The van der Waals surface area contributed by atoms with E-state index in [0.29, 0.717) is 16.4 Å². The number of carbonyl (C=O) groups excluding carboxylic acids is 1. The fourth-order valence-electron chi connectivity index (χ4n) is 3.59. The lowest BCUT2D eigenvalue weighted by molar-refractivity contribution is -0.117. The zero-order valence-electron chi connectivity index (χ0n) is 11.2. The molecule has 18 heavy (non-hydrogen) atoms. The average molecular weight is 287 g/mol. The van der Waals surface area contributed by atoms with Crippen LogP contribution in [0.25, 0.3) is 0 Å². The van der Waals surface area contributed by atoms with Crippen LogP contribution in [0.2, 0.25) is 0 Å². The number of nitrogens with one attached hydrogen (secondary N) is 1. The van der Waals surface area contributed by atoms with Crippen LogP contribution in [0.4, 0.5) is 0 Å². The predicted octanol–water partition coefficient (Wildman–Crippen LogP) is 3.82. The van der Waals surface area contributed by atoms with Crippen molar-refractivity contribution in [2.24, 2.45) is 11.8 Å². The molecule has 2 fully saturated rings. The molecule has 0 aromatic heterocycles. The lowest BCUT2D eigenvalue weighted by Crippen LogP contribution is -2.39. The third-order valence-electron chi connectivity index (χ3n) is 4.41. The van der Waals surface area contributed by atoms with Gasteiger partial charge in [-0.15, -0.1) is 0 Å². The standard InChI is InChI=1S/C14H25NOS2/c1-10(16)15-18-13-9-5-8-12(17)14(13)11-6-3-2-4-7-11/h11-14,17H,2-9H2,1H3,(H,15,16). The van der Waals surface area contributed by atoms with Crippen LogP contribution in [0, 0.1) is 11.8 Å². The van der Waals surface area contributed by atoms with Gasteiger partial charge in [0, 0.05) is 17.4 Å². The van der Waals surface area contributed by atoms with E-state index in [1.165, 1.54) is 51.4 Å². The van der Waals surface area contributed by atoms with E-state index >= 15 is 0 Å². The molecular formula is C14H25NOS2. The van der Waals surface area contributed by atoms with Gasteiger partial charge in [0.15, 0.2) is 0 Å². The fourth-order valence-corrected chi connectivity index (χ4v) is 5.51. The summed E-state index contributed by atoms with van der Waals surface area (Å²) >= 11 is 6.51. The lowest BCUT2D eigenvalue weighted by Gasteiger charge is -2.41. The van der Waals surface area contributed by atoms with Crippen LogP contribution < -0.4 is 4.72 Å². The summed E-state index contributed by atoms with van der Waals surface area (Å²) in [5, 5.41) is 1.11. The highest BCUT2D eigenvalue weighted by Gasteiger charge is 2.37. The van der Waals surface area contributed by atoms with E-state index in [4.69, 9.17) is 12.6 Å². The Balaban J connectivity index is 1.97. The third-order valence-corrected chi connectivity index (χ3v) is 6.27. The molecule has 2 aliphatic carbocycles. The molecular weight excluding hydrogens is 262 g/mol. The van der Waals surface area contributed by atoms with Gasteiger partial charge in [0.1, 0.15) is 0 Å². The molecule has 2 aliphatic rings. The molecule has 2 saturated carbocycles. The smallest absolute Gasteiger partial charge is 0.226 e. The van der Waals surface area contributed by atoms with Crippen molar-refractivity contribution in [3.05, 3.63) is 0 Å². The van der Waals surface area contributed by atoms with E-state index in [2.05, 4.69) is 4.72 Å². The molecule has 0 saturated heterocycles. The van der Waals surface area contributed by atoms with Gasteiger partial charge in [-0.1, -0.05) is 38.5 Å². The molecule has 0 aromatic carbocycles. The molecule has 0 bridgehead atoms. The first-order chi connectivity index (χ1) is 8.68. The summed E-state index contributed by atoms with van der Waals surface area (Å²) in [5.74, 6) is 1.61. The second kappa shape index (κ2) is 7.09. The van der Waals surface area contributed by atoms with Gasteiger partial charge >= 0.3 is 0 Å². The van der Waals surface area contributed by atoms with Gasteiger partial charge in [-0.05, 0) is 36.6 Å². The minimum atomic E-state index is 0.0729. The fraction of sp³-hybridized carbons (Fsp3) is 0.929. The maximum atomic E-state index is 11.1. The van der Waals surface area contributed by atoms with Crippen molar-refractivity contribution >= 4 is 30.5 Å². The number of rotatable bonds is 3. The van der Waals surface area contributed by atoms with E-state index in [0.717, 1.165) is 5.92 Å². The highest BCUT2D eigenvalue weighted by molar-refractivity contribution is 7.98. The topological polar surface area (TPSA) is 29.1 Å². The van der Waals surface area contributed by atoms with Crippen molar-refractivity contribution in [2.45, 2.75) is 68.8 Å². The maximum Gasteiger partial charge on any atom is 0.226 e. The van der Waals surface area contributed by atoms with Crippen molar-refractivity contribution in [1.29, 1.82) is 0 Å². The molecule has 0 spiro atoms. The van der Waals surface area contributed by atoms with Crippen LogP contribution in [-0.4, -0.2) is 16.4 Å². The van der Waals surface area contributed by atoms with Crippen molar-refractivity contribution in [2.75, 3.05) is 0 Å². The molecule has 104 valence electrons. The Bertz CT molecular complexity index is 279. The number of hydrogen-bond donors (Lipinski definition) is 2. The van der Waals surface area contributed by atoms with Crippen LogP contribution in [-0.2, 0) is 4.79 Å². The predicted molar refractivity (Wildman–Crippen MR) is 81.9 cm³/mol. The molecule has 2 rings (SSSR count). The lowest BCUT2D eigenvalue weighted by atomic mass is 9.73. The van der Waals surface area contributed by atoms with Crippen molar-refractivity contribution in [3.8, 4) is 0 Å². The first-order valence-corrected chi connectivity index (χ1v) is 8.68. The number of thiol groups is 1. The summed E-state index contributed by atoms with van der Waals surface area (Å²) in [6, 6.07) is 0. The van der Waals surface area contributed by atoms with Crippen LogP contribution in [0.3, 0.4) is 0 Å². The SMILES string of the molecule is CC(=O)NSC1CCCC(S)C1C1CCCCC1. The zero-order valence-corrected chi connectivity index (χ0v) is 12.9. The van der Waals surface area contributed by atoms with Crippen LogP contribution in [0.1, 0.15) is 58.3 Å². The summed E-state index contributed by atoms with van der Waals surface area (Å²) in [4.78, 5) is 11.1. The molecule has 0 aliphatic heterocycles. The van der Waals surface area contributed by atoms with Crippen LogP contribution >= 0.6 is 24.6 Å². The zero-order chi connectivity index (χ0) is 13.0. The molecule has 1 N–H and O–H groups in total. The van der Waals surface area contributed by atoms with Gasteiger partial charge in [0.2, 0.25) is 5.91 Å². The quantitative estimate of drug-likeness (QED) is 0.610. The van der Waals surface area contributed by atoms with Crippen LogP contribution in [0.5, 0.6) is 0 Å². The molecule has 2 nitrogen and oxygen atoms in total. The highest BCUT2D eigenvalue weighted by atomic mass is 32.2. The Labute approximate surface area is 121 Å². The normalized spacial score (nSPS) is 34.2. The van der Waals surface area contributed by atoms with Crippen LogP contribution in [0.15, 0.2) is 0 Å². The number of hydrogen-bond acceptors (Lipinski definition) is 3. The first kappa shape index (κ1) is 14.6. The maximum absolute atomic E-state index is 11.1. The molecule has 0 radical (unpaired) electrons. The minimum absolute atomic E-state index is 0.0729. The van der Waals surface area contributed by atoms with Crippen molar-refractivity contribution in [1.82, 2.24) is 4.72 Å². The molecule has 0 heterocycles. The van der Waals surface area contributed by atoms with E-state index < -0.39 is 0 Å². The highest BCUT2D eigenvalue weighted by Crippen LogP contribution is 2.44. The summed E-state index contributed by atoms with van der Waals surface area (Å²) in [6.07, 6.45) is 10.7. The Kier molecular flexibility index (Phi) is 5.74. The Morgan fingerprint density at radius 2 is 1.83 bits per heavy atom. The van der Waals surface area contributed by atoms with E-state index in [-0.39, 0.29) is 5.91 Å². The second-order valence-corrected chi connectivity index (χ2v) is 7.50. The van der Waals surface area contributed by atoms with Crippen molar-refractivity contribution in [3.63, 3.8) is 0 Å². The molecule has 3 atom stereocenters. The first-order valence-electron chi connectivity index (χ1n) is 7.29. The summed E-state index contributed by atoms with van der Waals surface area (Å²) in [5.41, 5.74) is 0. The van der Waals surface area contributed by atoms with E-state index in [1.54, 1.807) is 18.9 Å². The van der Waals surface area contributed by atoms with Gasteiger partial charge in [-0.25, -0.2) is 0 Å². The van der Waals surface area contributed by atoms with E-state index in [1.807, 2.05) is 0 Å². The third kappa shape index (κ3) is 3.83. The molecule has 0 aromatic rings. The Morgan fingerprint density at radius 1 is 1.11 bits per heavy atom. The largest absolute Gasteiger partial charge is 0.300 e. The second-order valence-electron chi connectivity index (χ2n) is 5.79. The monoisotopic (exact) mass is 287 g/mol. The molecule has 1 amide bonds. The van der Waals surface area contributed by atoms with Gasteiger partial charge in [0.25, 0.3) is 0 Å². The average Bonchev–Trinajstić information content (AvgIpc) is 2.37. The van der Waals surface area contributed by atoms with E-state index in [9.17, 15) is 4.79 Å². The van der Waals surface area contributed by atoms with Gasteiger partial charge < -0.3 is 4.72 Å². The number of amides is 1. The Hall–Kier alpha value is 0.170. The summed E-state index contributed by atoms with van der Waals surface area (Å²) < 4.78 is 2.95. The number of carbonyl (C=O) groups is 1. The minimum Gasteiger partial charge on any atom is -0.300 e. The molecule has 3 unspecified atom stereocenters. The summed E-state index contributed by atoms with van der Waals surface area (Å²) in [6.45, 7) is 1.60. The summed E-state index contributed by atoms with van der Waals surface area (Å²) in [7, 11) is 0. The van der Waals surface area contributed by atoms with Crippen molar-refractivity contribution < 1.29 is 4.79 Å². The molecule has 4 heteroatoms. The van der Waals surface area contributed by atoms with Gasteiger partial charge in [-0.2, -0.15) is 12.6 Å². The Morgan fingerprint density at radius 3 is 2.50 bits per heavy atom.